The van der Waals surface area contributed by atoms with Gasteiger partial charge in [-0.25, -0.2) is 9.97 Å². The van der Waals surface area contributed by atoms with Crippen molar-refractivity contribution >= 4 is 33.5 Å². The first-order valence-corrected chi connectivity index (χ1v) is 8.91. The first-order valence-electron chi connectivity index (χ1n) is 8.09. The van der Waals surface area contributed by atoms with E-state index in [-0.39, 0.29) is 12.5 Å². The van der Waals surface area contributed by atoms with Gasteiger partial charge < -0.3 is 9.73 Å². The topological polar surface area (TPSA) is 68.0 Å². The summed E-state index contributed by atoms with van der Waals surface area (Å²) in [6.07, 6.45) is 4.84. The number of carbonyl (C=O) groups excluding carboxylic acids is 1. The number of hydrogen-bond acceptors (Lipinski definition) is 5. The molecule has 2 aromatic carbocycles. The Hall–Kier alpha value is -3.25. The molecule has 0 atom stereocenters. The van der Waals surface area contributed by atoms with E-state index in [1.54, 1.807) is 23.6 Å². The monoisotopic (exact) mass is 361 g/mol. The minimum Gasteiger partial charge on any atom is -0.439 e. The standard InChI is InChI=1S/C20H15N3O2S/c24-18(10-11-20-23-15-8-4-5-9-17(15)26-20)21-13-19-22-12-16(25-19)14-6-2-1-3-7-14/h1-12H,13H2,(H,21,24). The Labute approximate surface area is 154 Å². The maximum Gasteiger partial charge on any atom is 0.244 e. The fourth-order valence-electron chi connectivity index (χ4n) is 2.46. The molecule has 0 aliphatic heterocycles. The molecule has 4 rings (SSSR count). The molecule has 0 radical (unpaired) electrons. The molecule has 1 amide bonds. The van der Waals surface area contributed by atoms with E-state index in [0.29, 0.717) is 11.7 Å². The second-order valence-corrected chi connectivity index (χ2v) is 6.62. The lowest BCUT2D eigenvalue weighted by Gasteiger charge is -1.98. The van der Waals surface area contributed by atoms with Gasteiger partial charge in [-0.2, -0.15) is 0 Å². The number of para-hydroxylation sites is 1. The molecule has 0 aliphatic rings. The number of thiazole rings is 1. The number of hydrogen-bond donors (Lipinski definition) is 1. The van der Waals surface area contributed by atoms with E-state index < -0.39 is 0 Å². The predicted octanol–water partition coefficient (Wildman–Crippen LogP) is 4.28. The van der Waals surface area contributed by atoms with Crippen molar-refractivity contribution in [3.05, 3.63) is 77.8 Å². The molecule has 0 fully saturated rings. The number of carbonyl (C=O) groups is 1. The summed E-state index contributed by atoms with van der Waals surface area (Å²) in [5.41, 5.74) is 1.89. The lowest BCUT2D eigenvalue weighted by molar-refractivity contribution is -0.116. The highest BCUT2D eigenvalue weighted by Crippen LogP contribution is 2.22. The molecule has 128 valence electrons. The highest BCUT2D eigenvalue weighted by Gasteiger charge is 2.07. The normalized spacial score (nSPS) is 11.2. The number of nitrogens with one attached hydrogen (secondary N) is 1. The van der Waals surface area contributed by atoms with Crippen LogP contribution in [0.15, 0.2) is 71.3 Å². The van der Waals surface area contributed by atoms with Gasteiger partial charge in [0.05, 0.1) is 23.0 Å². The van der Waals surface area contributed by atoms with Gasteiger partial charge in [0.25, 0.3) is 0 Å². The van der Waals surface area contributed by atoms with Crippen LogP contribution in [0, 0.1) is 0 Å². The number of fused-ring (bicyclic) bond motifs is 1. The van der Waals surface area contributed by atoms with Crippen LogP contribution in [-0.2, 0) is 11.3 Å². The molecule has 5 nitrogen and oxygen atoms in total. The molecule has 0 bridgehead atoms. The van der Waals surface area contributed by atoms with Crippen molar-refractivity contribution in [3.63, 3.8) is 0 Å². The van der Waals surface area contributed by atoms with Crippen molar-refractivity contribution in [3.8, 4) is 11.3 Å². The largest absolute Gasteiger partial charge is 0.439 e. The number of rotatable bonds is 5. The first kappa shape index (κ1) is 16.2. The van der Waals surface area contributed by atoms with Gasteiger partial charge in [-0.05, 0) is 18.2 Å². The molecule has 1 N–H and O–H groups in total. The zero-order valence-electron chi connectivity index (χ0n) is 13.8. The third-order valence-electron chi connectivity index (χ3n) is 3.71. The summed E-state index contributed by atoms with van der Waals surface area (Å²) in [5.74, 6) is 0.925. The zero-order chi connectivity index (χ0) is 17.8. The predicted molar refractivity (Wildman–Crippen MR) is 102 cm³/mol. The van der Waals surface area contributed by atoms with Gasteiger partial charge in [0, 0.05) is 11.6 Å². The molecule has 2 aromatic heterocycles. The van der Waals surface area contributed by atoms with Crippen LogP contribution in [0.3, 0.4) is 0 Å². The Morgan fingerprint density at radius 2 is 1.92 bits per heavy atom. The van der Waals surface area contributed by atoms with Gasteiger partial charge in [-0.15, -0.1) is 11.3 Å². The van der Waals surface area contributed by atoms with E-state index in [0.717, 1.165) is 20.8 Å². The summed E-state index contributed by atoms with van der Waals surface area (Å²) in [7, 11) is 0. The second kappa shape index (κ2) is 7.33. The minimum atomic E-state index is -0.219. The van der Waals surface area contributed by atoms with Crippen LogP contribution in [0.2, 0.25) is 0 Å². The van der Waals surface area contributed by atoms with Gasteiger partial charge in [-0.3, -0.25) is 4.79 Å². The highest BCUT2D eigenvalue weighted by atomic mass is 32.1. The SMILES string of the molecule is O=C(C=Cc1nc2ccccc2s1)NCc1ncc(-c2ccccc2)o1. The first-order chi connectivity index (χ1) is 12.8. The molecule has 26 heavy (non-hydrogen) atoms. The van der Waals surface area contributed by atoms with E-state index in [1.807, 2.05) is 54.6 Å². The van der Waals surface area contributed by atoms with Crippen molar-refractivity contribution in [2.24, 2.45) is 0 Å². The number of amides is 1. The Balaban J connectivity index is 1.36. The molecule has 2 heterocycles. The molecule has 0 saturated carbocycles. The molecule has 0 spiro atoms. The summed E-state index contributed by atoms with van der Waals surface area (Å²) >= 11 is 1.55. The quantitative estimate of drug-likeness (QED) is 0.539. The molecular weight excluding hydrogens is 346 g/mol. The van der Waals surface area contributed by atoms with Crippen LogP contribution >= 0.6 is 11.3 Å². The van der Waals surface area contributed by atoms with Crippen molar-refractivity contribution in [1.29, 1.82) is 0 Å². The van der Waals surface area contributed by atoms with Crippen LogP contribution in [-0.4, -0.2) is 15.9 Å². The lowest BCUT2D eigenvalue weighted by Crippen LogP contribution is -2.20. The van der Waals surface area contributed by atoms with Crippen molar-refractivity contribution in [2.45, 2.75) is 6.54 Å². The van der Waals surface area contributed by atoms with Crippen LogP contribution < -0.4 is 5.32 Å². The third-order valence-corrected chi connectivity index (χ3v) is 4.72. The summed E-state index contributed by atoms with van der Waals surface area (Å²) in [5, 5.41) is 3.56. The van der Waals surface area contributed by atoms with E-state index in [4.69, 9.17) is 4.42 Å². The number of aromatic nitrogens is 2. The fraction of sp³-hybridized carbons (Fsp3) is 0.0500. The molecule has 6 heteroatoms. The van der Waals surface area contributed by atoms with E-state index in [9.17, 15) is 4.79 Å². The molecule has 0 saturated heterocycles. The Morgan fingerprint density at radius 3 is 2.77 bits per heavy atom. The molecule has 0 aliphatic carbocycles. The number of oxazole rings is 1. The van der Waals surface area contributed by atoms with Crippen molar-refractivity contribution < 1.29 is 9.21 Å². The molecular formula is C20H15N3O2S. The van der Waals surface area contributed by atoms with Crippen LogP contribution in [0.5, 0.6) is 0 Å². The maximum atomic E-state index is 12.0. The Bertz CT molecular complexity index is 1030. The summed E-state index contributed by atoms with van der Waals surface area (Å²) in [6, 6.07) is 17.6. The van der Waals surface area contributed by atoms with Gasteiger partial charge in [0.1, 0.15) is 5.01 Å². The van der Waals surface area contributed by atoms with Gasteiger partial charge in [0.15, 0.2) is 5.76 Å². The third kappa shape index (κ3) is 3.70. The average Bonchev–Trinajstić information content (AvgIpc) is 3.32. The van der Waals surface area contributed by atoms with Gasteiger partial charge in [0.2, 0.25) is 11.8 Å². The van der Waals surface area contributed by atoms with E-state index in [1.165, 1.54) is 6.08 Å². The van der Waals surface area contributed by atoms with E-state index >= 15 is 0 Å². The van der Waals surface area contributed by atoms with Crippen LogP contribution in [0.4, 0.5) is 0 Å². The van der Waals surface area contributed by atoms with Gasteiger partial charge in [-0.1, -0.05) is 42.5 Å². The summed E-state index contributed by atoms with van der Waals surface area (Å²) < 4.78 is 6.76. The maximum absolute atomic E-state index is 12.0. The van der Waals surface area contributed by atoms with Gasteiger partial charge >= 0.3 is 0 Å². The average molecular weight is 361 g/mol. The van der Waals surface area contributed by atoms with E-state index in [2.05, 4.69) is 15.3 Å². The minimum absolute atomic E-state index is 0.219. The van der Waals surface area contributed by atoms with Crippen LogP contribution in [0.1, 0.15) is 10.9 Å². The fourth-order valence-corrected chi connectivity index (χ4v) is 3.33. The van der Waals surface area contributed by atoms with Crippen molar-refractivity contribution in [1.82, 2.24) is 15.3 Å². The Morgan fingerprint density at radius 1 is 1.12 bits per heavy atom. The second-order valence-electron chi connectivity index (χ2n) is 5.56. The zero-order valence-corrected chi connectivity index (χ0v) is 14.6. The summed E-state index contributed by atoms with van der Waals surface area (Å²) in [6.45, 7) is 0.232. The van der Waals surface area contributed by atoms with Crippen molar-refractivity contribution in [2.75, 3.05) is 0 Å². The number of nitrogens with zero attached hydrogens (tertiary/aromatic N) is 2. The lowest BCUT2D eigenvalue weighted by atomic mass is 10.2. The number of benzene rings is 2. The highest BCUT2D eigenvalue weighted by molar-refractivity contribution is 7.19. The summed E-state index contributed by atoms with van der Waals surface area (Å²) in [4.78, 5) is 20.6. The Kier molecular flexibility index (Phi) is 4.57. The molecule has 0 unspecified atom stereocenters. The molecule has 4 aromatic rings. The smallest absolute Gasteiger partial charge is 0.244 e. The van der Waals surface area contributed by atoms with Crippen LogP contribution in [0.25, 0.3) is 27.6 Å².